The Kier molecular flexibility index (Phi) is 11.6. The zero-order valence-electron chi connectivity index (χ0n) is 24.3. The van der Waals surface area contributed by atoms with Crippen LogP contribution in [0.25, 0.3) is 0 Å². The van der Waals surface area contributed by atoms with Crippen molar-refractivity contribution in [1.29, 1.82) is 5.26 Å². The molecule has 3 N–H and O–H groups in total. The molecular formula is C30H34N4O9. The summed E-state index contributed by atoms with van der Waals surface area (Å²) >= 11 is 0. The number of carbonyl (C=O) groups is 2. The fourth-order valence-corrected chi connectivity index (χ4v) is 4.34. The summed E-state index contributed by atoms with van der Waals surface area (Å²) in [5.41, 5.74) is -0.160. The lowest BCUT2D eigenvalue weighted by Gasteiger charge is -2.29. The molecule has 13 nitrogen and oxygen atoms in total. The van der Waals surface area contributed by atoms with Gasteiger partial charge in [-0.3, -0.25) is 10.1 Å². The number of ether oxygens (including phenoxy) is 4. The molecule has 0 bridgehead atoms. The van der Waals surface area contributed by atoms with Gasteiger partial charge >= 0.3 is 11.9 Å². The number of para-hydroxylation sites is 2. The first-order chi connectivity index (χ1) is 20.6. The summed E-state index contributed by atoms with van der Waals surface area (Å²) in [5.74, 6) is -2.11. The molecule has 2 aromatic rings. The van der Waals surface area contributed by atoms with E-state index in [9.17, 15) is 30.1 Å². The van der Waals surface area contributed by atoms with Gasteiger partial charge in [0.05, 0.1) is 29.1 Å². The number of esters is 2. The molecule has 0 radical (unpaired) electrons. The third-order valence-corrected chi connectivity index (χ3v) is 6.33. The minimum absolute atomic E-state index is 0.0207. The Balaban J connectivity index is 1.75. The van der Waals surface area contributed by atoms with Crippen LogP contribution in [0, 0.1) is 21.4 Å². The Bertz CT molecular complexity index is 1450. The molecule has 2 atom stereocenters. The topological polar surface area (TPSA) is 182 Å². The molecule has 1 aliphatic rings. The van der Waals surface area contributed by atoms with Gasteiger partial charge in [0, 0.05) is 30.4 Å². The number of nitro groups is 1. The van der Waals surface area contributed by atoms with Crippen LogP contribution in [0.1, 0.15) is 32.3 Å². The number of carbonyl (C=O) groups excluding carboxylic acids is 2. The number of benzene rings is 2. The van der Waals surface area contributed by atoms with E-state index in [1.54, 1.807) is 24.3 Å². The monoisotopic (exact) mass is 594 g/mol. The molecule has 3 rings (SSSR count). The van der Waals surface area contributed by atoms with Gasteiger partial charge in [-0.2, -0.15) is 5.26 Å². The number of dihydropyridines is 1. The first kappa shape index (κ1) is 32.6. The van der Waals surface area contributed by atoms with Crippen LogP contribution < -0.4 is 20.1 Å². The molecule has 2 unspecified atom stereocenters. The second-order valence-corrected chi connectivity index (χ2v) is 9.80. The molecule has 1 aliphatic heterocycles. The van der Waals surface area contributed by atoms with Gasteiger partial charge in [-0.05, 0) is 24.6 Å². The molecule has 1 heterocycles. The molecule has 0 amide bonds. The maximum Gasteiger partial charge on any atom is 0.337 e. The van der Waals surface area contributed by atoms with Gasteiger partial charge in [0.2, 0.25) is 0 Å². The Labute approximate surface area is 248 Å². The standard InChI is InChI=1S/C30H34N4O9/c1-18(2)32-16-22(35)17-43-25-11-6-5-10-24(25)41-12-13-42-30(37)26-19(3)33-23(15-31)28(29(36)40-4)27(26)20-8-7-9-21(14-20)34(38)39/h5-11,14,18,22,27,32-33,35H,12-13,16-17H2,1-4H3. The van der Waals surface area contributed by atoms with Crippen LogP contribution in [-0.4, -0.2) is 67.6 Å². The zero-order chi connectivity index (χ0) is 31.5. The summed E-state index contributed by atoms with van der Waals surface area (Å²) in [6.07, 6.45) is -0.735. The summed E-state index contributed by atoms with van der Waals surface area (Å²) < 4.78 is 21.8. The largest absolute Gasteiger partial charge is 0.487 e. The number of aliphatic hydroxyl groups excluding tert-OH is 1. The van der Waals surface area contributed by atoms with Crippen LogP contribution >= 0.6 is 0 Å². The van der Waals surface area contributed by atoms with Crippen molar-refractivity contribution in [2.24, 2.45) is 0 Å². The maximum absolute atomic E-state index is 13.4. The average molecular weight is 595 g/mol. The number of hydrogen-bond acceptors (Lipinski definition) is 12. The Hall–Kier alpha value is -4.93. The van der Waals surface area contributed by atoms with E-state index in [2.05, 4.69) is 10.6 Å². The van der Waals surface area contributed by atoms with E-state index in [0.717, 1.165) is 7.11 Å². The highest BCUT2D eigenvalue weighted by Gasteiger charge is 2.39. The van der Waals surface area contributed by atoms with E-state index in [-0.39, 0.29) is 59.7 Å². The average Bonchev–Trinajstić information content (AvgIpc) is 3.00. The molecule has 0 spiro atoms. The predicted octanol–water partition coefficient (Wildman–Crippen LogP) is 2.87. The Morgan fingerprint density at radius 1 is 1.09 bits per heavy atom. The van der Waals surface area contributed by atoms with Crippen molar-refractivity contribution in [3.05, 3.63) is 86.7 Å². The predicted molar refractivity (Wildman–Crippen MR) is 154 cm³/mol. The van der Waals surface area contributed by atoms with Crippen LogP contribution in [-0.2, 0) is 19.1 Å². The molecule has 0 fully saturated rings. The van der Waals surface area contributed by atoms with Gasteiger partial charge in [-0.15, -0.1) is 0 Å². The van der Waals surface area contributed by atoms with Crippen molar-refractivity contribution < 1.29 is 38.6 Å². The lowest BCUT2D eigenvalue weighted by molar-refractivity contribution is -0.384. The molecule has 43 heavy (non-hydrogen) atoms. The van der Waals surface area contributed by atoms with Gasteiger partial charge in [0.25, 0.3) is 5.69 Å². The second-order valence-electron chi connectivity index (χ2n) is 9.80. The number of nitro benzene ring substituents is 1. The number of nitrogens with zero attached hydrogens (tertiary/aromatic N) is 2. The highest BCUT2D eigenvalue weighted by atomic mass is 16.6. The SMILES string of the molecule is COC(=O)C1=C(C#N)NC(C)=C(C(=O)OCCOc2ccccc2OCC(O)CNC(C)C)C1c1cccc([N+](=O)[O-])c1. The third-order valence-electron chi connectivity index (χ3n) is 6.33. The number of aliphatic hydroxyl groups is 1. The van der Waals surface area contributed by atoms with Crippen molar-refractivity contribution in [2.45, 2.75) is 38.8 Å². The summed E-state index contributed by atoms with van der Waals surface area (Å²) in [6, 6.07) is 14.4. The number of nitrogens with one attached hydrogen (secondary N) is 2. The van der Waals surface area contributed by atoms with E-state index < -0.39 is 28.9 Å². The first-order valence-corrected chi connectivity index (χ1v) is 13.4. The normalized spacial score (nSPS) is 15.3. The first-order valence-electron chi connectivity index (χ1n) is 13.4. The van der Waals surface area contributed by atoms with E-state index in [4.69, 9.17) is 18.9 Å². The number of methoxy groups -OCH3 is 1. The van der Waals surface area contributed by atoms with Gasteiger partial charge in [0.15, 0.2) is 11.5 Å². The minimum Gasteiger partial charge on any atom is -0.487 e. The minimum atomic E-state index is -1.18. The summed E-state index contributed by atoms with van der Waals surface area (Å²) in [6.45, 7) is 5.61. The summed E-state index contributed by atoms with van der Waals surface area (Å²) in [5, 5.41) is 37.2. The van der Waals surface area contributed by atoms with Crippen LogP contribution in [0.2, 0.25) is 0 Å². The molecule has 2 aromatic carbocycles. The fourth-order valence-electron chi connectivity index (χ4n) is 4.34. The Morgan fingerprint density at radius 2 is 1.79 bits per heavy atom. The number of non-ortho nitro benzene ring substituents is 1. The molecule has 0 saturated heterocycles. The Morgan fingerprint density at radius 3 is 2.42 bits per heavy atom. The van der Waals surface area contributed by atoms with Gasteiger partial charge < -0.3 is 34.7 Å². The van der Waals surface area contributed by atoms with Crippen molar-refractivity contribution >= 4 is 17.6 Å². The summed E-state index contributed by atoms with van der Waals surface area (Å²) in [7, 11) is 1.13. The zero-order valence-corrected chi connectivity index (χ0v) is 24.3. The third kappa shape index (κ3) is 8.54. The smallest absolute Gasteiger partial charge is 0.337 e. The number of allylic oxidation sites excluding steroid dienone is 2. The van der Waals surface area contributed by atoms with Crippen molar-refractivity contribution in [3.63, 3.8) is 0 Å². The van der Waals surface area contributed by atoms with Crippen LogP contribution in [0.4, 0.5) is 5.69 Å². The summed E-state index contributed by atoms with van der Waals surface area (Å²) in [4.78, 5) is 37.0. The number of hydrogen-bond donors (Lipinski definition) is 3. The highest BCUT2D eigenvalue weighted by Crippen LogP contribution is 2.40. The van der Waals surface area contributed by atoms with E-state index in [1.807, 2.05) is 19.9 Å². The second kappa shape index (κ2) is 15.3. The molecule has 0 aromatic heterocycles. The van der Waals surface area contributed by atoms with Gasteiger partial charge in [-0.1, -0.05) is 38.1 Å². The van der Waals surface area contributed by atoms with Crippen LogP contribution in [0.5, 0.6) is 11.5 Å². The van der Waals surface area contributed by atoms with Crippen molar-refractivity contribution in [2.75, 3.05) is 33.5 Å². The molecule has 13 heteroatoms. The maximum atomic E-state index is 13.4. The lowest BCUT2D eigenvalue weighted by Crippen LogP contribution is -2.35. The molecule has 0 saturated carbocycles. The van der Waals surface area contributed by atoms with Gasteiger partial charge in [0.1, 0.15) is 37.7 Å². The highest BCUT2D eigenvalue weighted by molar-refractivity contribution is 6.00. The quantitative estimate of drug-likeness (QED) is 0.126. The van der Waals surface area contributed by atoms with Crippen LogP contribution in [0.15, 0.2) is 71.1 Å². The van der Waals surface area contributed by atoms with E-state index in [0.29, 0.717) is 18.0 Å². The number of rotatable bonds is 14. The fraction of sp³-hybridized carbons (Fsp3) is 0.367. The van der Waals surface area contributed by atoms with Crippen molar-refractivity contribution in [3.8, 4) is 17.6 Å². The van der Waals surface area contributed by atoms with Crippen molar-refractivity contribution in [1.82, 2.24) is 10.6 Å². The van der Waals surface area contributed by atoms with Crippen LogP contribution in [0.3, 0.4) is 0 Å². The molecule has 228 valence electrons. The molecule has 0 aliphatic carbocycles. The van der Waals surface area contributed by atoms with E-state index in [1.165, 1.54) is 31.2 Å². The van der Waals surface area contributed by atoms with Gasteiger partial charge in [-0.25, -0.2) is 9.59 Å². The lowest BCUT2D eigenvalue weighted by atomic mass is 9.80. The number of nitriles is 1. The van der Waals surface area contributed by atoms with E-state index >= 15 is 0 Å². The molecular weight excluding hydrogens is 560 g/mol.